The van der Waals surface area contributed by atoms with Gasteiger partial charge in [0.05, 0.1) is 5.92 Å². The molecule has 1 amide bonds. The highest BCUT2D eigenvalue weighted by molar-refractivity contribution is 6.02. The van der Waals surface area contributed by atoms with E-state index in [0.29, 0.717) is 12.3 Å². The van der Waals surface area contributed by atoms with Crippen LogP contribution in [0.1, 0.15) is 52.4 Å². The van der Waals surface area contributed by atoms with Gasteiger partial charge in [-0.1, -0.05) is 26.2 Å². The van der Waals surface area contributed by atoms with Crippen LogP contribution in [0.2, 0.25) is 0 Å². The highest BCUT2D eigenvalue weighted by Crippen LogP contribution is 2.53. The highest BCUT2D eigenvalue weighted by Gasteiger charge is 2.78. The van der Waals surface area contributed by atoms with Crippen molar-refractivity contribution in [1.82, 2.24) is 5.32 Å². The zero-order valence-electron chi connectivity index (χ0n) is 12.3. The van der Waals surface area contributed by atoms with E-state index in [1.165, 1.54) is 6.42 Å². The molecule has 20 heavy (non-hydrogen) atoms. The Morgan fingerprint density at radius 3 is 2.55 bits per heavy atom. The number of fused-ring (bicyclic) bond motifs is 1. The standard InChI is InChI=1S/C15H24N2O3/c1-3-10-12(18)17-15(13(19)20-14(10,15)2)11(16)9-7-5-4-6-8-9/h9-11H,3-8,16H2,1-2H3,(H,17,18). The number of ether oxygens (including phenoxy) is 1. The van der Waals surface area contributed by atoms with Crippen molar-refractivity contribution in [3.63, 3.8) is 0 Å². The second-order valence-electron chi connectivity index (χ2n) is 6.68. The Morgan fingerprint density at radius 2 is 2.00 bits per heavy atom. The summed E-state index contributed by atoms with van der Waals surface area (Å²) < 4.78 is 5.44. The molecule has 0 radical (unpaired) electrons. The minimum atomic E-state index is -0.993. The topological polar surface area (TPSA) is 81.4 Å². The number of carbonyl (C=O) groups excluding carboxylic acids is 2. The Morgan fingerprint density at radius 1 is 1.35 bits per heavy atom. The first-order chi connectivity index (χ1) is 9.47. The van der Waals surface area contributed by atoms with E-state index < -0.39 is 11.1 Å². The van der Waals surface area contributed by atoms with E-state index in [-0.39, 0.29) is 23.8 Å². The molecule has 3 aliphatic rings. The summed E-state index contributed by atoms with van der Waals surface area (Å²) in [4.78, 5) is 24.4. The van der Waals surface area contributed by atoms with Gasteiger partial charge in [-0.2, -0.15) is 0 Å². The lowest BCUT2D eigenvalue weighted by atomic mass is 9.63. The molecule has 5 nitrogen and oxygen atoms in total. The van der Waals surface area contributed by atoms with Crippen LogP contribution in [0.25, 0.3) is 0 Å². The van der Waals surface area contributed by atoms with Crippen molar-refractivity contribution in [2.45, 2.75) is 69.6 Å². The molecule has 0 aromatic carbocycles. The normalized spacial score (nSPS) is 42.5. The number of amides is 1. The van der Waals surface area contributed by atoms with Gasteiger partial charge in [-0.15, -0.1) is 0 Å². The van der Waals surface area contributed by atoms with Crippen LogP contribution in [0.5, 0.6) is 0 Å². The Kier molecular flexibility index (Phi) is 3.08. The average molecular weight is 280 g/mol. The number of hydrogen-bond acceptors (Lipinski definition) is 4. The van der Waals surface area contributed by atoms with Crippen LogP contribution in [0.4, 0.5) is 0 Å². The molecule has 1 aliphatic carbocycles. The second-order valence-corrected chi connectivity index (χ2v) is 6.68. The highest BCUT2D eigenvalue weighted by atomic mass is 16.6. The Balaban J connectivity index is 1.92. The van der Waals surface area contributed by atoms with Crippen molar-refractivity contribution in [3.8, 4) is 0 Å². The molecule has 0 aromatic rings. The summed E-state index contributed by atoms with van der Waals surface area (Å²) >= 11 is 0. The zero-order valence-corrected chi connectivity index (χ0v) is 12.3. The van der Waals surface area contributed by atoms with Gasteiger partial charge in [-0.25, -0.2) is 4.79 Å². The summed E-state index contributed by atoms with van der Waals surface area (Å²) in [5, 5.41) is 2.92. The number of carbonyl (C=O) groups is 2. The maximum absolute atomic E-state index is 12.2. The van der Waals surface area contributed by atoms with Gasteiger partial charge >= 0.3 is 5.97 Å². The van der Waals surface area contributed by atoms with Crippen molar-refractivity contribution < 1.29 is 14.3 Å². The van der Waals surface area contributed by atoms with E-state index in [4.69, 9.17) is 10.5 Å². The lowest BCUT2D eigenvalue weighted by Crippen LogP contribution is -2.81. The first-order valence-electron chi connectivity index (χ1n) is 7.78. The van der Waals surface area contributed by atoms with Crippen LogP contribution in [0.3, 0.4) is 0 Å². The SMILES string of the molecule is CCC1C(=O)NC2(C(N)C3CCCCC3)C(=O)OC12C. The molecule has 3 N–H and O–H groups in total. The van der Waals surface area contributed by atoms with Crippen molar-refractivity contribution in [2.75, 3.05) is 0 Å². The van der Waals surface area contributed by atoms with Gasteiger partial charge in [-0.05, 0) is 32.1 Å². The third-order valence-electron chi connectivity index (χ3n) is 5.78. The quantitative estimate of drug-likeness (QED) is 0.759. The smallest absolute Gasteiger partial charge is 0.338 e. The second kappa shape index (κ2) is 4.45. The molecule has 3 fully saturated rings. The van der Waals surface area contributed by atoms with Crippen LogP contribution in [0.15, 0.2) is 0 Å². The lowest BCUT2D eigenvalue weighted by Gasteiger charge is -2.55. The summed E-state index contributed by atoms with van der Waals surface area (Å²) in [7, 11) is 0. The Hall–Kier alpha value is -1.10. The number of rotatable bonds is 3. The van der Waals surface area contributed by atoms with Crippen LogP contribution in [-0.4, -0.2) is 29.1 Å². The summed E-state index contributed by atoms with van der Waals surface area (Å²) in [5.41, 5.74) is 4.70. The molecule has 4 atom stereocenters. The van der Waals surface area contributed by atoms with Crippen LogP contribution in [0, 0.1) is 11.8 Å². The predicted octanol–water partition coefficient (Wildman–Crippen LogP) is 1.10. The van der Waals surface area contributed by atoms with Crippen LogP contribution >= 0.6 is 0 Å². The van der Waals surface area contributed by atoms with Gasteiger partial charge in [0.15, 0.2) is 11.1 Å². The van der Waals surface area contributed by atoms with Gasteiger partial charge in [0, 0.05) is 6.04 Å². The average Bonchev–Trinajstić information content (AvgIpc) is 2.62. The first-order valence-corrected chi connectivity index (χ1v) is 7.78. The number of hydrogen-bond donors (Lipinski definition) is 2. The molecule has 2 saturated heterocycles. The molecule has 0 bridgehead atoms. The summed E-state index contributed by atoms with van der Waals surface area (Å²) in [6.45, 7) is 3.81. The molecule has 0 spiro atoms. The van der Waals surface area contributed by atoms with E-state index in [1.807, 2.05) is 13.8 Å². The van der Waals surface area contributed by atoms with E-state index >= 15 is 0 Å². The van der Waals surface area contributed by atoms with Gasteiger partial charge in [0.2, 0.25) is 5.91 Å². The monoisotopic (exact) mass is 280 g/mol. The fourth-order valence-corrected chi connectivity index (χ4v) is 4.53. The third-order valence-corrected chi connectivity index (χ3v) is 5.78. The van der Waals surface area contributed by atoms with Crippen molar-refractivity contribution in [3.05, 3.63) is 0 Å². The molecule has 4 unspecified atom stereocenters. The predicted molar refractivity (Wildman–Crippen MR) is 73.7 cm³/mol. The van der Waals surface area contributed by atoms with E-state index in [1.54, 1.807) is 0 Å². The first kappa shape index (κ1) is 13.9. The fourth-order valence-electron chi connectivity index (χ4n) is 4.53. The molecule has 112 valence electrons. The number of nitrogens with one attached hydrogen (secondary N) is 1. The van der Waals surface area contributed by atoms with Crippen molar-refractivity contribution in [1.29, 1.82) is 0 Å². The van der Waals surface area contributed by atoms with E-state index in [9.17, 15) is 9.59 Å². The third kappa shape index (κ3) is 1.47. The van der Waals surface area contributed by atoms with Gasteiger partial charge in [0.25, 0.3) is 0 Å². The minimum Gasteiger partial charge on any atom is -0.453 e. The summed E-state index contributed by atoms with van der Waals surface area (Å²) in [6, 6.07) is -0.338. The largest absolute Gasteiger partial charge is 0.453 e. The van der Waals surface area contributed by atoms with Crippen LogP contribution in [-0.2, 0) is 14.3 Å². The Bertz CT molecular complexity index is 446. The molecule has 3 rings (SSSR count). The minimum absolute atomic E-state index is 0.0906. The molecule has 5 heteroatoms. The lowest BCUT2D eigenvalue weighted by molar-refractivity contribution is -0.225. The molecule has 2 heterocycles. The van der Waals surface area contributed by atoms with Gasteiger partial charge in [0.1, 0.15) is 0 Å². The molecule has 2 aliphatic heterocycles. The van der Waals surface area contributed by atoms with Crippen molar-refractivity contribution in [2.24, 2.45) is 17.6 Å². The van der Waals surface area contributed by atoms with E-state index in [2.05, 4.69) is 5.32 Å². The molecule has 1 saturated carbocycles. The van der Waals surface area contributed by atoms with E-state index in [0.717, 1.165) is 25.7 Å². The summed E-state index contributed by atoms with van der Waals surface area (Å²) in [5.74, 6) is -0.420. The van der Waals surface area contributed by atoms with Crippen molar-refractivity contribution >= 4 is 11.9 Å². The number of nitrogens with two attached hydrogens (primary N) is 1. The Labute approximate surface area is 119 Å². The number of esters is 1. The molecule has 0 aromatic heterocycles. The molecular formula is C15H24N2O3. The van der Waals surface area contributed by atoms with Gasteiger partial charge in [-0.3, -0.25) is 4.79 Å². The summed E-state index contributed by atoms with van der Waals surface area (Å²) in [6.07, 6.45) is 6.30. The maximum atomic E-state index is 12.2. The van der Waals surface area contributed by atoms with Crippen LogP contribution < -0.4 is 11.1 Å². The maximum Gasteiger partial charge on any atom is 0.338 e. The van der Waals surface area contributed by atoms with Gasteiger partial charge < -0.3 is 15.8 Å². The zero-order chi connectivity index (χ0) is 14.5. The fraction of sp³-hybridized carbons (Fsp3) is 0.867. The molecular weight excluding hydrogens is 256 g/mol.